The highest BCUT2D eigenvalue weighted by atomic mass is 16.5. The second-order valence-electron chi connectivity index (χ2n) is 7.84. The normalized spacial score (nSPS) is 25.0. The third-order valence-corrected chi connectivity index (χ3v) is 5.85. The molecule has 2 saturated heterocycles. The van der Waals surface area contributed by atoms with Crippen LogP contribution in [0.1, 0.15) is 31.2 Å². The Morgan fingerprint density at radius 1 is 1.17 bits per heavy atom. The highest BCUT2D eigenvalue weighted by Crippen LogP contribution is 2.34. The van der Waals surface area contributed by atoms with Gasteiger partial charge in [0.2, 0.25) is 0 Å². The standard InChI is InChI=1S/C20H30N2O2/c1-23-19-4-2-3-18(13-19)15-22-11-12-24-20(16-22)7-9-21(10-8-20)14-17-5-6-17/h2-4,13,17H,5-12,14-16H2,1H3. The third-order valence-electron chi connectivity index (χ3n) is 5.85. The Kier molecular flexibility index (Phi) is 4.79. The lowest BCUT2D eigenvalue weighted by Crippen LogP contribution is -2.56. The van der Waals surface area contributed by atoms with E-state index in [9.17, 15) is 0 Å². The van der Waals surface area contributed by atoms with Crippen LogP contribution in [0.2, 0.25) is 0 Å². The number of methoxy groups -OCH3 is 1. The van der Waals surface area contributed by atoms with E-state index in [0.717, 1.165) is 37.9 Å². The van der Waals surface area contributed by atoms with E-state index >= 15 is 0 Å². The Balaban J connectivity index is 1.33. The van der Waals surface area contributed by atoms with Gasteiger partial charge in [-0.1, -0.05) is 12.1 Å². The average Bonchev–Trinajstić information content (AvgIpc) is 3.42. The predicted molar refractivity (Wildman–Crippen MR) is 95.4 cm³/mol. The molecule has 1 saturated carbocycles. The smallest absolute Gasteiger partial charge is 0.119 e. The number of hydrogen-bond acceptors (Lipinski definition) is 4. The van der Waals surface area contributed by atoms with Gasteiger partial charge >= 0.3 is 0 Å². The Morgan fingerprint density at radius 2 is 2.00 bits per heavy atom. The van der Waals surface area contributed by atoms with Gasteiger partial charge in [0.05, 0.1) is 19.3 Å². The first-order chi connectivity index (χ1) is 11.7. The average molecular weight is 330 g/mol. The molecule has 4 rings (SSSR count). The van der Waals surface area contributed by atoms with Gasteiger partial charge in [-0.2, -0.15) is 0 Å². The van der Waals surface area contributed by atoms with Gasteiger partial charge in [-0.3, -0.25) is 4.90 Å². The van der Waals surface area contributed by atoms with Gasteiger partial charge in [0.25, 0.3) is 0 Å². The van der Waals surface area contributed by atoms with Crippen molar-refractivity contribution in [1.29, 1.82) is 0 Å². The largest absolute Gasteiger partial charge is 0.497 e. The molecule has 4 heteroatoms. The molecule has 0 atom stereocenters. The maximum absolute atomic E-state index is 6.30. The number of benzene rings is 1. The lowest BCUT2D eigenvalue weighted by molar-refractivity contribution is -0.137. The monoisotopic (exact) mass is 330 g/mol. The van der Waals surface area contributed by atoms with Crippen molar-refractivity contribution in [1.82, 2.24) is 9.80 Å². The fourth-order valence-corrected chi connectivity index (χ4v) is 4.20. The zero-order chi connectivity index (χ0) is 16.4. The highest BCUT2D eigenvalue weighted by molar-refractivity contribution is 5.28. The molecule has 2 aliphatic heterocycles. The number of hydrogen-bond donors (Lipinski definition) is 0. The van der Waals surface area contributed by atoms with E-state index in [1.165, 1.54) is 50.9 Å². The van der Waals surface area contributed by atoms with E-state index in [0.29, 0.717) is 0 Å². The molecular weight excluding hydrogens is 300 g/mol. The van der Waals surface area contributed by atoms with E-state index in [1.54, 1.807) is 7.11 Å². The quantitative estimate of drug-likeness (QED) is 0.829. The van der Waals surface area contributed by atoms with Crippen LogP contribution in [-0.2, 0) is 11.3 Å². The van der Waals surface area contributed by atoms with Gasteiger partial charge in [-0.25, -0.2) is 0 Å². The summed E-state index contributed by atoms with van der Waals surface area (Å²) in [6.45, 7) is 7.71. The minimum atomic E-state index is 0.0944. The zero-order valence-electron chi connectivity index (χ0n) is 14.9. The Hall–Kier alpha value is -1.10. The lowest BCUT2D eigenvalue weighted by atomic mass is 9.89. The summed E-state index contributed by atoms with van der Waals surface area (Å²) in [5.74, 6) is 1.94. The molecule has 0 unspecified atom stereocenters. The number of piperidine rings is 1. The lowest BCUT2D eigenvalue weighted by Gasteiger charge is -2.47. The van der Waals surface area contributed by atoms with Crippen molar-refractivity contribution >= 4 is 0 Å². The summed E-state index contributed by atoms with van der Waals surface area (Å²) in [6.07, 6.45) is 5.28. The van der Waals surface area contributed by atoms with Crippen molar-refractivity contribution in [3.05, 3.63) is 29.8 Å². The van der Waals surface area contributed by atoms with Crippen LogP contribution in [0.25, 0.3) is 0 Å². The Bertz CT molecular complexity index is 550. The highest BCUT2D eigenvalue weighted by Gasteiger charge is 2.40. The Morgan fingerprint density at radius 3 is 2.75 bits per heavy atom. The van der Waals surface area contributed by atoms with Gasteiger partial charge in [0, 0.05) is 39.3 Å². The van der Waals surface area contributed by atoms with Crippen molar-refractivity contribution in [2.45, 2.75) is 37.8 Å². The fourth-order valence-electron chi connectivity index (χ4n) is 4.20. The summed E-state index contributed by atoms with van der Waals surface area (Å²) in [4.78, 5) is 5.22. The number of morpholine rings is 1. The molecule has 132 valence electrons. The molecule has 0 aromatic heterocycles. The minimum absolute atomic E-state index is 0.0944. The molecular formula is C20H30N2O2. The van der Waals surface area contributed by atoms with Gasteiger partial charge in [-0.15, -0.1) is 0 Å². The number of likely N-dealkylation sites (tertiary alicyclic amines) is 1. The number of rotatable bonds is 5. The second kappa shape index (κ2) is 7.03. The summed E-state index contributed by atoms with van der Waals surface area (Å²) in [6, 6.07) is 8.45. The summed E-state index contributed by atoms with van der Waals surface area (Å²) < 4.78 is 11.6. The van der Waals surface area contributed by atoms with Crippen molar-refractivity contribution in [3.8, 4) is 5.75 Å². The molecule has 1 aliphatic carbocycles. The molecule has 2 heterocycles. The first-order valence-electron chi connectivity index (χ1n) is 9.46. The first kappa shape index (κ1) is 16.4. The molecule has 0 bridgehead atoms. The van der Waals surface area contributed by atoms with E-state index < -0.39 is 0 Å². The predicted octanol–water partition coefficient (Wildman–Crippen LogP) is 2.77. The fraction of sp³-hybridized carbons (Fsp3) is 0.700. The Labute approximate surface area is 145 Å². The van der Waals surface area contributed by atoms with Gasteiger partial charge in [-0.05, 0) is 49.3 Å². The van der Waals surface area contributed by atoms with Crippen molar-refractivity contribution in [2.75, 3.05) is 46.4 Å². The summed E-state index contributed by atoms with van der Waals surface area (Å²) in [5.41, 5.74) is 1.43. The molecule has 0 N–H and O–H groups in total. The third kappa shape index (κ3) is 3.93. The SMILES string of the molecule is COc1cccc(CN2CCOC3(CCN(CC4CC4)CC3)C2)c1. The van der Waals surface area contributed by atoms with Gasteiger partial charge < -0.3 is 14.4 Å². The minimum Gasteiger partial charge on any atom is -0.497 e. The van der Waals surface area contributed by atoms with Crippen LogP contribution in [0.5, 0.6) is 5.75 Å². The molecule has 0 radical (unpaired) electrons. The van der Waals surface area contributed by atoms with E-state index in [2.05, 4.69) is 28.0 Å². The van der Waals surface area contributed by atoms with Crippen LogP contribution >= 0.6 is 0 Å². The van der Waals surface area contributed by atoms with Crippen molar-refractivity contribution < 1.29 is 9.47 Å². The van der Waals surface area contributed by atoms with Gasteiger partial charge in [0.15, 0.2) is 0 Å². The van der Waals surface area contributed by atoms with Crippen LogP contribution in [0, 0.1) is 5.92 Å². The summed E-state index contributed by atoms with van der Waals surface area (Å²) in [5, 5.41) is 0. The van der Waals surface area contributed by atoms with Crippen LogP contribution in [-0.4, -0.2) is 61.8 Å². The van der Waals surface area contributed by atoms with Crippen molar-refractivity contribution in [2.24, 2.45) is 5.92 Å². The molecule has 0 amide bonds. The topological polar surface area (TPSA) is 24.9 Å². The maximum atomic E-state index is 6.30. The van der Waals surface area contributed by atoms with E-state index in [1.807, 2.05) is 6.07 Å². The number of ether oxygens (including phenoxy) is 2. The molecule has 24 heavy (non-hydrogen) atoms. The second-order valence-corrected chi connectivity index (χ2v) is 7.84. The summed E-state index contributed by atoms with van der Waals surface area (Å²) in [7, 11) is 1.73. The van der Waals surface area contributed by atoms with Crippen LogP contribution in [0.4, 0.5) is 0 Å². The maximum Gasteiger partial charge on any atom is 0.119 e. The molecule has 3 fully saturated rings. The van der Waals surface area contributed by atoms with Crippen molar-refractivity contribution in [3.63, 3.8) is 0 Å². The first-order valence-corrected chi connectivity index (χ1v) is 9.46. The molecule has 1 aromatic rings. The molecule has 1 spiro atoms. The van der Waals surface area contributed by atoms with Crippen LogP contribution in [0.15, 0.2) is 24.3 Å². The van der Waals surface area contributed by atoms with E-state index in [4.69, 9.17) is 9.47 Å². The molecule has 3 aliphatic rings. The zero-order valence-corrected chi connectivity index (χ0v) is 14.9. The van der Waals surface area contributed by atoms with Gasteiger partial charge in [0.1, 0.15) is 5.75 Å². The summed E-state index contributed by atoms with van der Waals surface area (Å²) >= 11 is 0. The van der Waals surface area contributed by atoms with E-state index in [-0.39, 0.29) is 5.60 Å². The molecule has 1 aromatic carbocycles. The van der Waals surface area contributed by atoms with Crippen LogP contribution < -0.4 is 4.74 Å². The molecule has 4 nitrogen and oxygen atoms in total. The van der Waals surface area contributed by atoms with Crippen LogP contribution in [0.3, 0.4) is 0 Å². The number of nitrogens with zero attached hydrogens (tertiary/aromatic N) is 2.